The Labute approximate surface area is 148 Å². The summed E-state index contributed by atoms with van der Waals surface area (Å²) in [5, 5.41) is 6.55. The van der Waals surface area contributed by atoms with Crippen LogP contribution in [0.15, 0.2) is 27.7 Å². The largest absolute Gasteiger partial charge is 0.370 e. The predicted molar refractivity (Wildman–Crippen MR) is 89.6 cm³/mol. The minimum atomic E-state index is -0.607. The molecule has 1 saturated carbocycles. The number of guanidine groups is 1. The summed E-state index contributed by atoms with van der Waals surface area (Å²) in [6, 6.07) is 3.08. The molecular weight excluding hydrogens is 344 g/mol. The first-order valence-corrected chi connectivity index (χ1v) is 8.59. The monoisotopic (exact) mass is 363 g/mol. The average molecular weight is 363 g/mol. The quantitative estimate of drug-likeness (QED) is 0.626. The van der Waals surface area contributed by atoms with E-state index in [2.05, 4.69) is 20.4 Å². The van der Waals surface area contributed by atoms with Gasteiger partial charge in [0.25, 0.3) is 5.89 Å². The summed E-state index contributed by atoms with van der Waals surface area (Å²) in [4.78, 5) is 8.55. The molecule has 4 rings (SSSR count). The van der Waals surface area contributed by atoms with Crippen molar-refractivity contribution in [2.45, 2.75) is 43.8 Å². The second-order valence-electron chi connectivity index (χ2n) is 6.56. The summed E-state index contributed by atoms with van der Waals surface area (Å²) >= 11 is 0. The summed E-state index contributed by atoms with van der Waals surface area (Å²) in [6.07, 6.45) is 3.38. The van der Waals surface area contributed by atoms with Crippen LogP contribution in [0.25, 0.3) is 0 Å². The summed E-state index contributed by atoms with van der Waals surface area (Å²) in [6.45, 7) is 0.301. The van der Waals surface area contributed by atoms with Gasteiger partial charge in [-0.15, -0.1) is 0 Å². The number of nitrogens with one attached hydrogen (secondary N) is 1. The highest BCUT2D eigenvalue weighted by atomic mass is 19.1. The Morgan fingerprint density at radius 2 is 2.12 bits per heavy atom. The lowest BCUT2D eigenvalue weighted by Gasteiger charge is -2.10. The zero-order valence-electron chi connectivity index (χ0n) is 14.0. The van der Waals surface area contributed by atoms with E-state index >= 15 is 0 Å². The molecule has 0 amide bonds. The van der Waals surface area contributed by atoms with Gasteiger partial charge in [0.15, 0.2) is 11.8 Å². The molecule has 1 aromatic heterocycles. The number of rotatable bonds is 5. The van der Waals surface area contributed by atoms with Crippen LogP contribution in [-0.4, -0.2) is 28.7 Å². The molecule has 2 aromatic rings. The number of anilines is 1. The van der Waals surface area contributed by atoms with Crippen molar-refractivity contribution in [2.75, 3.05) is 11.9 Å². The SMILES string of the molecule is NC(=NC[C@H]1CC[C@@H](c2nc(C3CC3)no2)O1)Nc1cc(F)ccc1F. The molecule has 2 aliphatic rings. The van der Waals surface area contributed by atoms with Crippen molar-refractivity contribution in [1.82, 2.24) is 10.1 Å². The third-order valence-electron chi connectivity index (χ3n) is 4.44. The fourth-order valence-corrected chi connectivity index (χ4v) is 2.88. The number of nitrogens with zero attached hydrogens (tertiary/aromatic N) is 3. The van der Waals surface area contributed by atoms with E-state index in [1.54, 1.807) is 0 Å². The Hall–Kier alpha value is -2.55. The number of aliphatic imine (C=N–C) groups is 1. The number of aromatic nitrogens is 2. The molecule has 1 aromatic carbocycles. The van der Waals surface area contributed by atoms with Gasteiger partial charge in [0, 0.05) is 12.0 Å². The molecule has 3 N–H and O–H groups in total. The Kier molecular flexibility index (Phi) is 4.54. The van der Waals surface area contributed by atoms with Crippen LogP contribution >= 0.6 is 0 Å². The predicted octanol–water partition coefficient (Wildman–Crippen LogP) is 2.87. The van der Waals surface area contributed by atoms with Crippen molar-refractivity contribution in [3.05, 3.63) is 41.5 Å². The molecule has 26 heavy (non-hydrogen) atoms. The van der Waals surface area contributed by atoms with Crippen LogP contribution in [0, 0.1) is 11.6 Å². The van der Waals surface area contributed by atoms with Crippen molar-refractivity contribution < 1.29 is 18.0 Å². The third kappa shape index (κ3) is 3.82. The van der Waals surface area contributed by atoms with E-state index < -0.39 is 11.6 Å². The van der Waals surface area contributed by atoms with Gasteiger partial charge in [0.05, 0.1) is 18.3 Å². The minimum absolute atomic E-state index is 0.00430. The molecule has 0 radical (unpaired) electrons. The second-order valence-corrected chi connectivity index (χ2v) is 6.56. The minimum Gasteiger partial charge on any atom is -0.370 e. The van der Waals surface area contributed by atoms with E-state index in [1.807, 2.05) is 0 Å². The first-order valence-electron chi connectivity index (χ1n) is 8.59. The van der Waals surface area contributed by atoms with Gasteiger partial charge in [0.2, 0.25) is 0 Å². The summed E-state index contributed by atoms with van der Waals surface area (Å²) < 4.78 is 37.9. The van der Waals surface area contributed by atoms with Gasteiger partial charge in [-0.2, -0.15) is 4.98 Å². The number of hydrogen-bond acceptors (Lipinski definition) is 5. The van der Waals surface area contributed by atoms with Gasteiger partial charge in [-0.3, -0.25) is 4.99 Å². The van der Waals surface area contributed by atoms with Crippen LogP contribution in [0.5, 0.6) is 0 Å². The smallest absolute Gasteiger partial charge is 0.255 e. The Morgan fingerprint density at radius 3 is 2.92 bits per heavy atom. The van der Waals surface area contributed by atoms with Crippen LogP contribution in [0.3, 0.4) is 0 Å². The molecule has 0 unspecified atom stereocenters. The van der Waals surface area contributed by atoms with E-state index in [0.29, 0.717) is 18.4 Å². The van der Waals surface area contributed by atoms with Gasteiger partial charge < -0.3 is 20.3 Å². The van der Waals surface area contributed by atoms with E-state index in [-0.39, 0.29) is 23.9 Å². The van der Waals surface area contributed by atoms with E-state index in [0.717, 1.165) is 49.7 Å². The van der Waals surface area contributed by atoms with Crippen molar-refractivity contribution in [3.8, 4) is 0 Å². The van der Waals surface area contributed by atoms with Crippen molar-refractivity contribution in [2.24, 2.45) is 10.7 Å². The molecule has 0 bridgehead atoms. The third-order valence-corrected chi connectivity index (χ3v) is 4.44. The first-order chi connectivity index (χ1) is 12.6. The number of halogens is 2. The lowest BCUT2D eigenvalue weighted by molar-refractivity contribution is 0.0309. The standard InChI is InChI=1S/C17H19F2N5O2/c18-10-3-5-12(19)13(7-10)22-17(20)21-8-11-4-6-14(25-11)16-23-15(24-26-16)9-1-2-9/h3,5,7,9,11,14H,1-2,4,6,8H2,(H3,20,21,22)/t11-,14+/m1/s1. The molecule has 1 aliphatic carbocycles. The molecule has 1 saturated heterocycles. The van der Waals surface area contributed by atoms with Crippen molar-refractivity contribution in [1.29, 1.82) is 0 Å². The number of benzene rings is 1. The number of nitrogens with two attached hydrogens (primary N) is 1. The molecular formula is C17H19F2N5O2. The lowest BCUT2D eigenvalue weighted by Crippen LogP contribution is -2.25. The topological polar surface area (TPSA) is 98.6 Å². The zero-order valence-corrected chi connectivity index (χ0v) is 14.0. The van der Waals surface area contributed by atoms with Crippen LogP contribution in [0.1, 0.15) is 49.4 Å². The summed E-state index contributed by atoms with van der Waals surface area (Å²) in [7, 11) is 0. The van der Waals surface area contributed by atoms with Crippen LogP contribution in [-0.2, 0) is 4.74 Å². The Bertz CT molecular complexity index is 821. The first kappa shape index (κ1) is 16.9. The van der Waals surface area contributed by atoms with Gasteiger partial charge in [-0.05, 0) is 37.8 Å². The normalized spacial score (nSPS) is 23.4. The maximum absolute atomic E-state index is 13.6. The maximum atomic E-state index is 13.6. The van der Waals surface area contributed by atoms with Gasteiger partial charge in [-0.25, -0.2) is 8.78 Å². The summed E-state index contributed by atoms with van der Waals surface area (Å²) in [5.74, 6) is 0.527. The fraction of sp³-hybridized carbons (Fsp3) is 0.471. The van der Waals surface area contributed by atoms with Crippen molar-refractivity contribution in [3.63, 3.8) is 0 Å². The van der Waals surface area contributed by atoms with E-state index in [9.17, 15) is 8.78 Å². The molecule has 138 valence electrons. The second kappa shape index (κ2) is 6.99. The molecule has 2 heterocycles. The Balaban J connectivity index is 1.31. The average Bonchev–Trinajstić information content (AvgIpc) is 3.17. The molecule has 1 aliphatic heterocycles. The van der Waals surface area contributed by atoms with Crippen LogP contribution in [0.4, 0.5) is 14.5 Å². The molecule has 9 heteroatoms. The zero-order chi connectivity index (χ0) is 18.1. The fourth-order valence-electron chi connectivity index (χ4n) is 2.88. The highest BCUT2D eigenvalue weighted by Crippen LogP contribution is 2.39. The Morgan fingerprint density at radius 1 is 1.27 bits per heavy atom. The molecule has 7 nitrogen and oxygen atoms in total. The van der Waals surface area contributed by atoms with Gasteiger partial charge in [-0.1, -0.05) is 5.16 Å². The molecule has 0 spiro atoms. The van der Waals surface area contributed by atoms with E-state index in [1.165, 1.54) is 0 Å². The van der Waals surface area contributed by atoms with Gasteiger partial charge >= 0.3 is 0 Å². The highest BCUT2D eigenvalue weighted by molar-refractivity contribution is 5.92. The van der Waals surface area contributed by atoms with Gasteiger partial charge in [0.1, 0.15) is 17.7 Å². The summed E-state index contributed by atoms with van der Waals surface area (Å²) in [5.41, 5.74) is 5.69. The molecule has 2 atom stereocenters. The lowest BCUT2D eigenvalue weighted by atomic mass is 10.2. The van der Waals surface area contributed by atoms with Crippen LogP contribution < -0.4 is 11.1 Å². The maximum Gasteiger partial charge on any atom is 0.255 e. The van der Waals surface area contributed by atoms with E-state index in [4.69, 9.17) is 15.0 Å². The van der Waals surface area contributed by atoms with Crippen molar-refractivity contribution >= 4 is 11.6 Å². The number of ether oxygens (including phenoxy) is 1. The van der Waals surface area contributed by atoms with Crippen LogP contribution in [0.2, 0.25) is 0 Å². The highest BCUT2D eigenvalue weighted by Gasteiger charge is 2.34. The molecule has 2 fully saturated rings. The number of hydrogen-bond donors (Lipinski definition) is 2.